The van der Waals surface area contributed by atoms with Crippen LogP contribution in [0.2, 0.25) is 0 Å². The average molecular weight is 599 g/mol. The van der Waals surface area contributed by atoms with Crippen molar-refractivity contribution in [2.75, 3.05) is 76.6 Å². The van der Waals surface area contributed by atoms with Crippen LogP contribution in [0.1, 0.15) is 33.6 Å². The maximum absolute atomic E-state index is 13.5. The number of carbonyl (C=O) groups is 2. The maximum atomic E-state index is 13.5. The third kappa shape index (κ3) is 8.62. The van der Waals surface area contributed by atoms with Crippen LogP contribution in [0.3, 0.4) is 0 Å². The van der Waals surface area contributed by atoms with Crippen molar-refractivity contribution in [1.29, 1.82) is 0 Å². The van der Waals surface area contributed by atoms with E-state index in [1.165, 1.54) is 0 Å². The molecule has 0 saturated carbocycles. The lowest BCUT2D eigenvalue weighted by Gasteiger charge is -2.15. The van der Waals surface area contributed by atoms with Crippen molar-refractivity contribution in [3.63, 3.8) is 0 Å². The quantitative estimate of drug-likeness (QED) is 0.115. The zero-order valence-electron chi connectivity index (χ0n) is 25.9. The lowest BCUT2D eigenvalue weighted by molar-refractivity contribution is 0.101. The van der Waals surface area contributed by atoms with Gasteiger partial charge in [0.15, 0.2) is 0 Å². The molecule has 0 radical (unpaired) electrons. The number of rotatable bonds is 14. The van der Waals surface area contributed by atoms with Gasteiger partial charge in [-0.05, 0) is 88.2 Å². The Bertz CT molecular complexity index is 1490. The molecular weight excluding hydrogens is 556 g/mol. The van der Waals surface area contributed by atoms with E-state index in [-0.39, 0.29) is 11.8 Å². The summed E-state index contributed by atoms with van der Waals surface area (Å²) in [5.41, 5.74) is 14.9. The Morgan fingerprint density at radius 1 is 0.636 bits per heavy atom. The molecule has 0 unspecified atom stereocenters. The number of hydrogen-bond donors (Lipinski definition) is 4. The van der Waals surface area contributed by atoms with Crippen molar-refractivity contribution >= 4 is 45.3 Å². The van der Waals surface area contributed by atoms with Gasteiger partial charge in [0.05, 0.1) is 36.0 Å². The molecule has 0 saturated heterocycles. The van der Waals surface area contributed by atoms with Crippen LogP contribution in [-0.4, -0.2) is 76.1 Å². The molecule has 4 aromatic rings. The second-order valence-electron chi connectivity index (χ2n) is 11.1. The van der Waals surface area contributed by atoms with Crippen LogP contribution in [0, 0.1) is 0 Å². The molecule has 4 rings (SSSR count). The molecule has 0 aliphatic heterocycles. The Labute approximate surface area is 258 Å². The predicted molar refractivity (Wildman–Crippen MR) is 179 cm³/mol. The Balaban J connectivity index is 1.50. The molecular formula is C34H42N6O4. The van der Waals surface area contributed by atoms with E-state index in [9.17, 15) is 9.59 Å². The van der Waals surface area contributed by atoms with E-state index < -0.39 is 0 Å². The van der Waals surface area contributed by atoms with Gasteiger partial charge in [-0.2, -0.15) is 0 Å². The molecule has 0 spiro atoms. The number of carbonyl (C=O) groups excluding carboxylic acids is 2. The summed E-state index contributed by atoms with van der Waals surface area (Å²) in [4.78, 5) is 31.1. The first kappa shape index (κ1) is 32.1. The van der Waals surface area contributed by atoms with Gasteiger partial charge in [0.1, 0.15) is 11.5 Å². The number of hydrogen-bond acceptors (Lipinski definition) is 8. The van der Waals surface area contributed by atoms with Gasteiger partial charge in [0.25, 0.3) is 11.8 Å². The van der Waals surface area contributed by atoms with E-state index in [0.717, 1.165) is 25.9 Å². The highest BCUT2D eigenvalue weighted by Gasteiger charge is 2.18. The Morgan fingerprint density at radius 3 is 1.43 bits per heavy atom. The Kier molecular flexibility index (Phi) is 11.0. The van der Waals surface area contributed by atoms with Gasteiger partial charge < -0.3 is 41.4 Å². The summed E-state index contributed by atoms with van der Waals surface area (Å²) in [6.07, 6.45) is 1.74. The van der Waals surface area contributed by atoms with E-state index in [1.807, 2.05) is 52.5 Å². The van der Waals surface area contributed by atoms with E-state index in [2.05, 4.69) is 20.4 Å². The van der Waals surface area contributed by atoms with Gasteiger partial charge in [0, 0.05) is 36.3 Å². The van der Waals surface area contributed by atoms with Crippen LogP contribution in [-0.2, 0) is 0 Å². The second-order valence-corrected chi connectivity index (χ2v) is 11.1. The van der Waals surface area contributed by atoms with E-state index in [1.54, 1.807) is 48.5 Å². The lowest BCUT2D eigenvalue weighted by atomic mass is 9.98. The Hall–Kier alpha value is -4.80. The number of nitrogens with one attached hydrogen (secondary N) is 2. The van der Waals surface area contributed by atoms with Gasteiger partial charge in [0.2, 0.25) is 0 Å². The summed E-state index contributed by atoms with van der Waals surface area (Å²) in [5, 5.41) is 7.07. The normalized spacial score (nSPS) is 11.1. The first-order valence-electron chi connectivity index (χ1n) is 14.6. The van der Waals surface area contributed by atoms with Crippen LogP contribution in [0.25, 0.3) is 10.8 Å². The molecule has 0 bridgehead atoms. The minimum Gasteiger partial charge on any atom is -0.493 e. The molecule has 2 amide bonds. The standard InChI is InChI=1S/C34H42N6O4/c1-39(2)17-7-19-43-23-11-15-29(35)31(21-23)37-33(41)27-13-14-28(26-10-6-5-9-25(26)27)34(42)38-32-22-24(12-16-30(32)36)44-20-8-18-40(3)4/h5-6,9-16,21-22H,7-8,17-20,35-36H2,1-4H3,(H,37,41)(H,38,42). The maximum Gasteiger partial charge on any atom is 0.256 e. The summed E-state index contributed by atoms with van der Waals surface area (Å²) in [7, 11) is 8.05. The topological polar surface area (TPSA) is 135 Å². The first-order chi connectivity index (χ1) is 21.1. The van der Waals surface area contributed by atoms with Crippen molar-refractivity contribution in [3.05, 3.63) is 83.9 Å². The molecule has 0 fully saturated rings. The molecule has 44 heavy (non-hydrogen) atoms. The molecule has 10 nitrogen and oxygen atoms in total. The van der Waals surface area contributed by atoms with Crippen molar-refractivity contribution in [1.82, 2.24) is 9.80 Å². The lowest BCUT2D eigenvalue weighted by Crippen LogP contribution is -2.17. The van der Waals surface area contributed by atoms with Gasteiger partial charge in [-0.3, -0.25) is 9.59 Å². The van der Waals surface area contributed by atoms with Crippen molar-refractivity contribution in [3.8, 4) is 11.5 Å². The number of amides is 2. The van der Waals surface area contributed by atoms with Gasteiger partial charge in [-0.1, -0.05) is 24.3 Å². The largest absolute Gasteiger partial charge is 0.493 e. The smallest absolute Gasteiger partial charge is 0.256 e. The molecule has 6 N–H and O–H groups in total. The number of nitrogens with zero attached hydrogens (tertiary/aromatic N) is 2. The highest BCUT2D eigenvalue weighted by atomic mass is 16.5. The van der Waals surface area contributed by atoms with Crippen molar-refractivity contribution in [2.24, 2.45) is 0 Å². The van der Waals surface area contributed by atoms with Crippen molar-refractivity contribution < 1.29 is 19.1 Å². The number of ether oxygens (including phenoxy) is 2. The predicted octanol–water partition coefficient (Wildman–Crippen LogP) is 5.17. The number of benzene rings is 4. The minimum atomic E-state index is -0.354. The third-order valence-corrected chi connectivity index (χ3v) is 7.00. The van der Waals surface area contributed by atoms with Gasteiger partial charge >= 0.3 is 0 Å². The summed E-state index contributed by atoms with van der Waals surface area (Å²) >= 11 is 0. The number of nitrogens with two attached hydrogens (primary N) is 2. The summed E-state index contributed by atoms with van der Waals surface area (Å²) in [5.74, 6) is 0.529. The van der Waals surface area contributed by atoms with E-state index in [4.69, 9.17) is 20.9 Å². The molecule has 0 atom stereocenters. The molecule has 0 aliphatic carbocycles. The van der Waals surface area contributed by atoms with Gasteiger partial charge in [-0.25, -0.2) is 0 Å². The molecule has 4 aromatic carbocycles. The van der Waals surface area contributed by atoms with Crippen LogP contribution >= 0.6 is 0 Å². The van der Waals surface area contributed by atoms with Gasteiger partial charge in [-0.15, -0.1) is 0 Å². The molecule has 0 aromatic heterocycles. The second kappa shape index (κ2) is 15.1. The highest BCUT2D eigenvalue weighted by molar-refractivity contribution is 6.19. The third-order valence-electron chi connectivity index (χ3n) is 7.00. The summed E-state index contributed by atoms with van der Waals surface area (Å²) in [6, 6.07) is 21.0. The zero-order chi connectivity index (χ0) is 31.6. The summed E-state index contributed by atoms with van der Waals surface area (Å²) in [6.45, 7) is 2.91. The minimum absolute atomic E-state index is 0.354. The van der Waals surface area contributed by atoms with Crippen LogP contribution in [0.4, 0.5) is 22.7 Å². The number of fused-ring (bicyclic) bond motifs is 1. The molecule has 0 aliphatic rings. The van der Waals surface area contributed by atoms with Crippen molar-refractivity contribution in [2.45, 2.75) is 12.8 Å². The fraction of sp³-hybridized carbons (Fsp3) is 0.294. The van der Waals surface area contributed by atoms with Crippen LogP contribution < -0.4 is 31.6 Å². The molecule has 10 heteroatoms. The zero-order valence-corrected chi connectivity index (χ0v) is 25.9. The van der Waals surface area contributed by atoms with Crippen LogP contribution in [0.5, 0.6) is 11.5 Å². The first-order valence-corrected chi connectivity index (χ1v) is 14.6. The Morgan fingerprint density at radius 2 is 1.05 bits per heavy atom. The summed E-state index contributed by atoms with van der Waals surface area (Å²) < 4.78 is 11.7. The molecule has 0 heterocycles. The number of anilines is 4. The fourth-order valence-electron chi connectivity index (χ4n) is 4.68. The monoisotopic (exact) mass is 598 g/mol. The van der Waals surface area contributed by atoms with E-state index >= 15 is 0 Å². The van der Waals surface area contributed by atoms with E-state index in [0.29, 0.717) is 69.4 Å². The SMILES string of the molecule is CN(C)CCCOc1ccc(N)c(NC(=O)c2ccc(C(=O)Nc3cc(OCCCN(C)C)ccc3N)c3ccccc23)c1. The molecule has 232 valence electrons. The average Bonchev–Trinajstić information content (AvgIpc) is 2.99. The number of nitrogen functional groups attached to an aromatic ring is 2. The fourth-order valence-corrected chi connectivity index (χ4v) is 4.68. The highest BCUT2D eigenvalue weighted by Crippen LogP contribution is 2.30. The van der Waals surface area contributed by atoms with Crippen LogP contribution in [0.15, 0.2) is 72.8 Å².